The van der Waals surface area contributed by atoms with E-state index in [4.69, 9.17) is 5.73 Å². The van der Waals surface area contributed by atoms with Crippen LogP contribution in [0.4, 0.5) is 15.1 Å². The molecule has 25 heavy (non-hydrogen) atoms. The summed E-state index contributed by atoms with van der Waals surface area (Å²) in [4.78, 5) is 13.1. The summed E-state index contributed by atoms with van der Waals surface area (Å²) in [6.07, 6.45) is 0.835. The molecule has 2 aromatic heterocycles. The largest absolute Gasteiger partial charge is 0.397 e. The number of thiophene rings is 1. The van der Waals surface area contributed by atoms with E-state index in [1.165, 1.54) is 23.5 Å². The molecule has 0 atom stereocenters. The zero-order valence-electron chi connectivity index (χ0n) is 14.0. The number of carbonyl (C=O) groups is 1. The first-order valence-corrected chi connectivity index (χ1v) is 8.87. The van der Waals surface area contributed by atoms with Crippen LogP contribution in [0.25, 0.3) is 10.6 Å². The van der Waals surface area contributed by atoms with E-state index < -0.39 is 11.7 Å². The van der Waals surface area contributed by atoms with Gasteiger partial charge in [-0.1, -0.05) is 19.1 Å². The number of halogens is 1. The fraction of sp³-hybridized carbons (Fsp3) is 0.222. The number of benzene rings is 1. The molecule has 130 valence electrons. The van der Waals surface area contributed by atoms with Crippen molar-refractivity contribution in [2.45, 2.75) is 26.8 Å². The number of nitrogens with two attached hydrogens (primary N) is 1. The molecule has 7 heteroatoms. The lowest BCUT2D eigenvalue weighted by molar-refractivity contribution is 0.102. The van der Waals surface area contributed by atoms with Gasteiger partial charge in [-0.3, -0.25) is 9.48 Å². The second-order valence-corrected chi connectivity index (χ2v) is 6.57. The van der Waals surface area contributed by atoms with Crippen LogP contribution in [0.15, 0.2) is 36.4 Å². The van der Waals surface area contributed by atoms with Crippen molar-refractivity contribution in [3.63, 3.8) is 0 Å². The standard InChI is InChI=1S/C18H19FN4OS/c1-3-11-9-15(23(4-2)22-11)17-14(20)10-16(25-17)21-18(24)12-7-5-6-8-13(12)19/h5-10H,3-4,20H2,1-2H3,(H,21,24). The van der Waals surface area contributed by atoms with Gasteiger partial charge in [-0.05, 0) is 37.6 Å². The fourth-order valence-electron chi connectivity index (χ4n) is 2.56. The molecular weight excluding hydrogens is 339 g/mol. The van der Waals surface area contributed by atoms with Crippen molar-refractivity contribution in [1.82, 2.24) is 9.78 Å². The van der Waals surface area contributed by atoms with Gasteiger partial charge in [0.2, 0.25) is 0 Å². The van der Waals surface area contributed by atoms with Crippen LogP contribution in [-0.4, -0.2) is 15.7 Å². The number of nitrogens with one attached hydrogen (secondary N) is 1. The van der Waals surface area contributed by atoms with Gasteiger partial charge in [-0.15, -0.1) is 11.3 Å². The number of carbonyl (C=O) groups excluding carboxylic acids is 1. The van der Waals surface area contributed by atoms with Crippen LogP contribution in [0.2, 0.25) is 0 Å². The predicted molar refractivity (Wildman–Crippen MR) is 99.4 cm³/mol. The molecule has 3 N–H and O–H groups in total. The van der Waals surface area contributed by atoms with Gasteiger partial charge in [0.05, 0.1) is 32.5 Å². The normalized spacial score (nSPS) is 10.8. The highest BCUT2D eigenvalue weighted by molar-refractivity contribution is 7.20. The molecule has 0 unspecified atom stereocenters. The van der Waals surface area contributed by atoms with E-state index in [-0.39, 0.29) is 5.56 Å². The van der Waals surface area contributed by atoms with Gasteiger partial charge in [-0.25, -0.2) is 4.39 Å². The van der Waals surface area contributed by atoms with Crippen molar-refractivity contribution in [3.05, 3.63) is 53.5 Å². The maximum absolute atomic E-state index is 13.7. The first-order chi connectivity index (χ1) is 12.0. The van der Waals surface area contributed by atoms with E-state index in [9.17, 15) is 9.18 Å². The molecule has 1 amide bonds. The maximum Gasteiger partial charge on any atom is 0.259 e. The third-order valence-corrected chi connectivity index (χ3v) is 4.93. The minimum absolute atomic E-state index is 0.00268. The summed E-state index contributed by atoms with van der Waals surface area (Å²) in [7, 11) is 0. The zero-order valence-corrected chi connectivity index (χ0v) is 14.9. The van der Waals surface area contributed by atoms with Crippen molar-refractivity contribution in [2.75, 3.05) is 11.1 Å². The summed E-state index contributed by atoms with van der Waals surface area (Å²) < 4.78 is 15.6. The number of amides is 1. The van der Waals surface area contributed by atoms with Gasteiger partial charge in [0.25, 0.3) is 5.91 Å². The lowest BCUT2D eigenvalue weighted by atomic mass is 10.2. The number of nitrogens with zero attached hydrogens (tertiary/aromatic N) is 2. The molecule has 0 bridgehead atoms. The third-order valence-electron chi connectivity index (χ3n) is 3.84. The Labute approximate surface area is 149 Å². The highest BCUT2D eigenvalue weighted by atomic mass is 32.1. The molecule has 0 aliphatic rings. The summed E-state index contributed by atoms with van der Waals surface area (Å²) in [5.74, 6) is -1.05. The first kappa shape index (κ1) is 17.2. The van der Waals surface area contributed by atoms with Crippen LogP contribution >= 0.6 is 11.3 Å². The average Bonchev–Trinajstić information content (AvgIpc) is 3.17. The van der Waals surface area contributed by atoms with Crippen LogP contribution < -0.4 is 11.1 Å². The molecule has 0 aliphatic heterocycles. The summed E-state index contributed by atoms with van der Waals surface area (Å²) in [5.41, 5.74) is 8.61. The monoisotopic (exact) mass is 358 g/mol. The molecule has 0 spiro atoms. The molecule has 0 aliphatic carbocycles. The molecule has 3 rings (SSSR count). The molecule has 5 nitrogen and oxygen atoms in total. The minimum atomic E-state index is -0.554. The van der Waals surface area contributed by atoms with E-state index in [0.29, 0.717) is 10.7 Å². The minimum Gasteiger partial charge on any atom is -0.397 e. The number of nitrogen functional groups attached to an aromatic ring is 1. The van der Waals surface area contributed by atoms with Crippen LogP contribution in [-0.2, 0) is 13.0 Å². The third kappa shape index (κ3) is 3.41. The van der Waals surface area contributed by atoms with Gasteiger partial charge < -0.3 is 11.1 Å². The van der Waals surface area contributed by atoms with Gasteiger partial charge in [-0.2, -0.15) is 5.10 Å². The highest BCUT2D eigenvalue weighted by Gasteiger charge is 2.17. The SMILES string of the molecule is CCc1cc(-c2sc(NC(=O)c3ccccc3F)cc2N)n(CC)n1. The Hall–Kier alpha value is -2.67. The number of hydrogen-bond donors (Lipinski definition) is 2. The van der Waals surface area contributed by atoms with Gasteiger partial charge in [0, 0.05) is 6.54 Å². The molecule has 0 saturated heterocycles. The highest BCUT2D eigenvalue weighted by Crippen LogP contribution is 2.38. The second-order valence-electron chi connectivity index (χ2n) is 5.52. The lowest BCUT2D eigenvalue weighted by Crippen LogP contribution is -2.12. The van der Waals surface area contributed by atoms with Crippen molar-refractivity contribution in [2.24, 2.45) is 0 Å². The van der Waals surface area contributed by atoms with Gasteiger partial charge >= 0.3 is 0 Å². The summed E-state index contributed by atoms with van der Waals surface area (Å²) in [6, 6.07) is 9.58. The topological polar surface area (TPSA) is 72.9 Å². The van der Waals surface area contributed by atoms with Crippen molar-refractivity contribution < 1.29 is 9.18 Å². The first-order valence-electron chi connectivity index (χ1n) is 8.05. The van der Waals surface area contributed by atoms with Crippen LogP contribution in [0.3, 0.4) is 0 Å². The van der Waals surface area contributed by atoms with E-state index in [2.05, 4.69) is 10.4 Å². The Morgan fingerprint density at radius 1 is 1.32 bits per heavy atom. The Balaban J connectivity index is 1.89. The van der Waals surface area contributed by atoms with Crippen LogP contribution in [0.1, 0.15) is 29.9 Å². The van der Waals surface area contributed by atoms with Crippen LogP contribution in [0.5, 0.6) is 0 Å². The Morgan fingerprint density at radius 3 is 2.76 bits per heavy atom. The molecule has 0 fully saturated rings. The summed E-state index contributed by atoms with van der Waals surface area (Å²) >= 11 is 1.35. The molecule has 0 radical (unpaired) electrons. The fourth-order valence-corrected chi connectivity index (χ4v) is 3.55. The number of aryl methyl sites for hydroxylation is 2. The Kier molecular flexibility index (Phi) is 4.85. The lowest BCUT2D eigenvalue weighted by Gasteiger charge is -2.04. The molecule has 0 saturated carbocycles. The van der Waals surface area contributed by atoms with E-state index >= 15 is 0 Å². The van der Waals surface area contributed by atoms with Crippen LogP contribution in [0, 0.1) is 5.82 Å². The number of anilines is 2. The van der Waals surface area contributed by atoms with E-state index in [1.807, 2.05) is 24.6 Å². The van der Waals surface area contributed by atoms with Gasteiger partial charge in [0.1, 0.15) is 5.82 Å². The molecular formula is C18H19FN4OS. The predicted octanol–water partition coefficient (Wildman–Crippen LogP) is 4.17. The second kappa shape index (κ2) is 7.06. The Bertz CT molecular complexity index is 916. The van der Waals surface area contributed by atoms with E-state index in [0.717, 1.165) is 29.2 Å². The average molecular weight is 358 g/mol. The zero-order chi connectivity index (χ0) is 18.0. The van der Waals surface area contributed by atoms with Crippen molar-refractivity contribution in [1.29, 1.82) is 0 Å². The smallest absolute Gasteiger partial charge is 0.259 e. The number of rotatable bonds is 5. The van der Waals surface area contributed by atoms with E-state index in [1.54, 1.807) is 18.2 Å². The number of aromatic nitrogens is 2. The number of hydrogen-bond acceptors (Lipinski definition) is 4. The summed E-state index contributed by atoms with van der Waals surface area (Å²) in [5, 5.41) is 7.82. The van der Waals surface area contributed by atoms with Gasteiger partial charge in [0.15, 0.2) is 0 Å². The quantitative estimate of drug-likeness (QED) is 0.719. The molecule has 3 aromatic rings. The summed E-state index contributed by atoms with van der Waals surface area (Å²) in [6.45, 7) is 4.79. The van der Waals surface area contributed by atoms with Crippen molar-refractivity contribution >= 4 is 27.9 Å². The maximum atomic E-state index is 13.7. The van der Waals surface area contributed by atoms with Crippen molar-refractivity contribution in [3.8, 4) is 10.6 Å². The molecule has 2 heterocycles. The Morgan fingerprint density at radius 2 is 2.08 bits per heavy atom. The molecule has 1 aromatic carbocycles.